The van der Waals surface area contributed by atoms with Gasteiger partial charge in [-0.3, -0.25) is 0 Å². The lowest BCUT2D eigenvalue weighted by Crippen LogP contribution is -2.35. The van der Waals surface area contributed by atoms with E-state index >= 15 is 0 Å². The van der Waals surface area contributed by atoms with Crippen molar-refractivity contribution in [2.75, 3.05) is 25.1 Å². The fourth-order valence-corrected chi connectivity index (χ4v) is 2.53. The highest BCUT2D eigenvalue weighted by Gasteiger charge is 2.15. The van der Waals surface area contributed by atoms with E-state index in [1.807, 2.05) is 31.2 Å². The van der Waals surface area contributed by atoms with Gasteiger partial charge in [0.1, 0.15) is 5.75 Å². The molecule has 1 aromatic carbocycles. The first kappa shape index (κ1) is 18.1. The number of nitrogens with one attached hydrogen (secondary N) is 2. The Balaban J connectivity index is 1.90. The number of anilines is 1. The highest BCUT2D eigenvalue weighted by molar-refractivity contribution is 5.89. The summed E-state index contributed by atoms with van der Waals surface area (Å²) < 4.78 is 11.3. The molecule has 130 valence electrons. The van der Waals surface area contributed by atoms with Crippen LogP contribution in [0.3, 0.4) is 0 Å². The average Bonchev–Trinajstić information content (AvgIpc) is 2.56. The molecule has 0 saturated carbocycles. The number of benzene rings is 1. The first-order valence-electron chi connectivity index (χ1n) is 8.34. The molecule has 2 N–H and O–H groups in total. The number of nitrogens with zero attached hydrogens (tertiary/aromatic N) is 1. The number of hydrogen-bond donors (Lipinski definition) is 2. The van der Waals surface area contributed by atoms with E-state index in [4.69, 9.17) is 14.7 Å². The second-order valence-corrected chi connectivity index (χ2v) is 6.21. The summed E-state index contributed by atoms with van der Waals surface area (Å²) in [4.78, 5) is 11.9. The van der Waals surface area contributed by atoms with Crippen LogP contribution in [0.5, 0.6) is 5.75 Å². The zero-order valence-corrected chi connectivity index (χ0v) is 14.3. The van der Waals surface area contributed by atoms with E-state index in [0.717, 1.165) is 37.4 Å². The van der Waals surface area contributed by atoms with Gasteiger partial charge in [0.25, 0.3) is 0 Å². The molecule has 0 radical (unpaired) electrons. The number of aryl methyl sites for hydroxylation is 1. The Hall–Kier alpha value is -2.26. The SMILES string of the molecule is Cc1ccc(NC(=O)N[C@@H](C)CC#N)cc1OCC1CCOCC1. The molecule has 6 nitrogen and oxygen atoms in total. The van der Waals surface area contributed by atoms with Gasteiger partial charge in [-0.15, -0.1) is 0 Å². The van der Waals surface area contributed by atoms with Crippen molar-refractivity contribution < 1.29 is 14.3 Å². The molecule has 1 aliphatic rings. The molecular formula is C18H25N3O3. The first-order chi connectivity index (χ1) is 11.6. The predicted molar refractivity (Wildman–Crippen MR) is 92.1 cm³/mol. The van der Waals surface area contributed by atoms with Crippen molar-refractivity contribution in [3.05, 3.63) is 23.8 Å². The summed E-state index contributed by atoms with van der Waals surface area (Å²) in [7, 11) is 0. The molecular weight excluding hydrogens is 306 g/mol. The third-order valence-electron chi connectivity index (χ3n) is 4.04. The topological polar surface area (TPSA) is 83.4 Å². The molecule has 1 aromatic rings. The van der Waals surface area contributed by atoms with Gasteiger partial charge in [0, 0.05) is 31.0 Å². The van der Waals surface area contributed by atoms with Crippen molar-refractivity contribution in [3.63, 3.8) is 0 Å². The van der Waals surface area contributed by atoms with Crippen molar-refractivity contribution in [2.24, 2.45) is 5.92 Å². The number of rotatable bonds is 6. The minimum Gasteiger partial charge on any atom is -0.493 e. The van der Waals surface area contributed by atoms with E-state index in [9.17, 15) is 4.79 Å². The zero-order valence-electron chi connectivity index (χ0n) is 14.3. The van der Waals surface area contributed by atoms with Crippen LogP contribution in [0, 0.1) is 24.2 Å². The smallest absolute Gasteiger partial charge is 0.319 e. The van der Waals surface area contributed by atoms with Crippen LogP contribution in [0.4, 0.5) is 10.5 Å². The van der Waals surface area contributed by atoms with Crippen molar-refractivity contribution in [3.8, 4) is 11.8 Å². The fourth-order valence-electron chi connectivity index (χ4n) is 2.53. The van der Waals surface area contributed by atoms with Crippen LogP contribution in [0.25, 0.3) is 0 Å². The second-order valence-electron chi connectivity index (χ2n) is 6.21. The lowest BCUT2D eigenvalue weighted by Gasteiger charge is -2.22. The summed E-state index contributed by atoms with van der Waals surface area (Å²) in [6, 6.07) is 7.12. The molecule has 24 heavy (non-hydrogen) atoms. The van der Waals surface area contributed by atoms with Gasteiger partial charge in [0.15, 0.2) is 0 Å². The zero-order chi connectivity index (χ0) is 17.4. The minimum absolute atomic E-state index is 0.190. The lowest BCUT2D eigenvalue weighted by atomic mass is 10.0. The Kier molecular flexibility index (Phi) is 6.89. The summed E-state index contributed by atoms with van der Waals surface area (Å²) in [5.74, 6) is 1.30. The number of nitriles is 1. The van der Waals surface area contributed by atoms with Crippen LogP contribution in [0.1, 0.15) is 31.7 Å². The number of carbonyl (C=O) groups is 1. The molecule has 2 amide bonds. The highest BCUT2D eigenvalue weighted by Crippen LogP contribution is 2.24. The standard InChI is InChI=1S/C18H25N3O3/c1-13-3-4-16(21-18(22)20-14(2)5-8-19)11-17(13)24-12-15-6-9-23-10-7-15/h3-4,11,14-15H,5-7,9-10,12H2,1-2H3,(H2,20,21,22)/t14-/m0/s1. The lowest BCUT2D eigenvalue weighted by molar-refractivity contribution is 0.0496. The summed E-state index contributed by atoms with van der Waals surface area (Å²) in [6.45, 7) is 6.04. The van der Waals surface area contributed by atoms with Crippen LogP contribution in [0.15, 0.2) is 18.2 Å². The molecule has 1 fully saturated rings. The van der Waals surface area contributed by atoms with E-state index in [1.165, 1.54) is 0 Å². The number of hydrogen-bond acceptors (Lipinski definition) is 4. The molecule has 0 spiro atoms. The van der Waals surface area contributed by atoms with E-state index < -0.39 is 0 Å². The van der Waals surface area contributed by atoms with E-state index in [0.29, 0.717) is 18.2 Å². The van der Waals surface area contributed by atoms with Crippen LogP contribution < -0.4 is 15.4 Å². The van der Waals surface area contributed by atoms with Crippen LogP contribution in [0.2, 0.25) is 0 Å². The quantitative estimate of drug-likeness (QED) is 0.838. The maximum absolute atomic E-state index is 11.9. The molecule has 0 aromatic heterocycles. The van der Waals surface area contributed by atoms with Crippen molar-refractivity contribution in [1.82, 2.24) is 5.32 Å². The Morgan fingerprint density at radius 2 is 2.21 bits per heavy atom. The molecule has 1 aliphatic heterocycles. The summed E-state index contributed by atoms with van der Waals surface area (Å²) in [5, 5.41) is 14.1. The molecule has 2 rings (SSSR count). The van der Waals surface area contributed by atoms with E-state index in [-0.39, 0.29) is 18.5 Å². The van der Waals surface area contributed by atoms with Crippen molar-refractivity contribution >= 4 is 11.7 Å². The third kappa shape index (κ3) is 5.74. The summed E-state index contributed by atoms with van der Waals surface area (Å²) in [6.07, 6.45) is 2.33. The van der Waals surface area contributed by atoms with E-state index in [2.05, 4.69) is 10.6 Å². The Labute approximate surface area is 143 Å². The molecule has 6 heteroatoms. The van der Waals surface area contributed by atoms with Gasteiger partial charge in [0.05, 0.1) is 19.1 Å². The number of carbonyl (C=O) groups excluding carboxylic acids is 1. The number of amides is 2. The van der Waals surface area contributed by atoms with Crippen molar-refractivity contribution in [2.45, 2.75) is 39.2 Å². The molecule has 0 unspecified atom stereocenters. The maximum Gasteiger partial charge on any atom is 0.319 e. The Morgan fingerprint density at radius 3 is 2.92 bits per heavy atom. The highest BCUT2D eigenvalue weighted by atomic mass is 16.5. The maximum atomic E-state index is 11.9. The van der Waals surface area contributed by atoms with Gasteiger partial charge < -0.3 is 20.1 Å². The van der Waals surface area contributed by atoms with Gasteiger partial charge >= 0.3 is 6.03 Å². The van der Waals surface area contributed by atoms with Crippen molar-refractivity contribution in [1.29, 1.82) is 5.26 Å². The first-order valence-corrected chi connectivity index (χ1v) is 8.34. The number of ether oxygens (including phenoxy) is 2. The minimum atomic E-state index is -0.322. The van der Waals surface area contributed by atoms with E-state index in [1.54, 1.807) is 6.92 Å². The van der Waals surface area contributed by atoms with Gasteiger partial charge in [-0.2, -0.15) is 5.26 Å². The fraction of sp³-hybridized carbons (Fsp3) is 0.556. The monoisotopic (exact) mass is 331 g/mol. The Bertz CT molecular complexity index is 592. The summed E-state index contributed by atoms with van der Waals surface area (Å²) in [5.41, 5.74) is 1.70. The van der Waals surface area contributed by atoms with Gasteiger partial charge in [-0.05, 0) is 44.2 Å². The molecule has 1 heterocycles. The van der Waals surface area contributed by atoms with Gasteiger partial charge in [-0.25, -0.2) is 4.79 Å². The Morgan fingerprint density at radius 1 is 1.46 bits per heavy atom. The third-order valence-corrected chi connectivity index (χ3v) is 4.04. The number of urea groups is 1. The predicted octanol–water partition coefficient (Wildman–Crippen LogP) is 3.22. The van der Waals surface area contributed by atoms with Crippen LogP contribution in [-0.4, -0.2) is 31.9 Å². The van der Waals surface area contributed by atoms with Crippen LogP contribution >= 0.6 is 0 Å². The molecule has 1 saturated heterocycles. The normalized spacial score (nSPS) is 16.0. The average molecular weight is 331 g/mol. The molecule has 1 atom stereocenters. The van der Waals surface area contributed by atoms with Gasteiger partial charge in [0.2, 0.25) is 0 Å². The molecule has 0 bridgehead atoms. The second kappa shape index (κ2) is 9.14. The molecule has 0 aliphatic carbocycles. The summed E-state index contributed by atoms with van der Waals surface area (Å²) >= 11 is 0. The van der Waals surface area contributed by atoms with Crippen LogP contribution in [-0.2, 0) is 4.74 Å². The largest absolute Gasteiger partial charge is 0.493 e. The van der Waals surface area contributed by atoms with Gasteiger partial charge in [-0.1, -0.05) is 6.07 Å².